The van der Waals surface area contributed by atoms with E-state index in [1.807, 2.05) is 12.4 Å². The summed E-state index contributed by atoms with van der Waals surface area (Å²) in [6.07, 6.45) is 6.50. The maximum absolute atomic E-state index is 11.8. The van der Waals surface area contributed by atoms with E-state index in [0.29, 0.717) is 19.0 Å². The molecule has 1 fully saturated rings. The van der Waals surface area contributed by atoms with Gasteiger partial charge in [0, 0.05) is 25.0 Å². The molecule has 0 spiro atoms. The van der Waals surface area contributed by atoms with Crippen LogP contribution in [0.5, 0.6) is 0 Å². The number of aryl methyl sites for hydroxylation is 1. The third-order valence-corrected chi connectivity index (χ3v) is 2.78. The van der Waals surface area contributed by atoms with Crippen molar-refractivity contribution in [2.45, 2.75) is 51.3 Å². The van der Waals surface area contributed by atoms with E-state index < -0.39 is 5.60 Å². The van der Waals surface area contributed by atoms with Gasteiger partial charge in [0.25, 0.3) is 0 Å². The van der Waals surface area contributed by atoms with E-state index in [2.05, 4.69) is 0 Å². The Kier molecular flexibility index (Phi) is 2.46. The first-order chi connectivity index (χ1) is 6.97. The molecule has 0 bridgehead atoms. The van der Waals surface area contributed by atoms with Crippen LogP contribution in [-0.4, -0.2) is 19.8 Å². The highest BCUT2D eigenvalue weighted by molar-refractivity contribution is 4.91. The highest BCUT2D eigenvalue weighted by Gasteiger charge is 2.25. The van der Waals surface area contributed by atoms with Crippen molar-refractivity contribution in [2.75, 3.05) is 0 Å². The number of imidazole rings is 1. The first-order valence-corrected chi connectivity index (χ1v) is 5.47. The fraction of sp³-hybridized carbons (Fsp3) is 0.727. The first-order valence-electron chi connectivity index (χ1n) is 5.47. The van der Waals surface area contributed by atoms with Gasteiger partial charge in [-0.1, -0.05) is 0 Å². The van der Waals surface area contributed by atoms with E-state index in [4.69, 9.17) is 0 Å². The largest absolute Gasteiger partial charge is 0.390 e. The first kappa shape index (κ1) is 10.5. The van der Waals surface area contributed by atoms with Gasteiger partial charge in [0.2, 0.25) is 0 Å². The zero-order valence-electron chi connectivity index (χ0n) is 9.31. The number of aliphatic hydroxyl groups is 1. The molecule has 1 heterocycles. The fourth-order valence-corrected chi connectivity index (χ4v) is 1.62. The molecule has 0 aromatic carbocycles. The molecule has 1 saturated carbocycles. The third-order valence-electron chi connectivity index (χ3n) is 2.78. The second kappa shape index (κ2) is 3.52. The van der Waals surface area contributed by atoms with Crippen molar-refractivity contribution in [1.29, 1.82) is 0 Å². The van der Waals surface area contributed by atoms with E-state index in [1.165, 1.54) is 0 Å². The quantitative estimate of drug-likeness (QED) is 0.810. The Morgan fingerprint density at radius 1 is 1.47 bits per heavy atom. The van der Waals surface area contributed by atoms with Crippen molar-refractivity contribution in [1.82, 2.24) is 9.13 Å². The van der Waals surface area contributed by atoms with Crippen LogP contribution in [0.25, 0.3) is 0 Å². The van der Waals surface area contributed by atoms with Gasteiger partial charge in [0.1, 0.15) is 0 Å². The van der Waals surface area contributed by atoms with Crippen LogP contribution in [0.1, 0.15) is 39.2 Å². The van der Waals surface area contributed by atoms with Crippen molar-refractivity contribution in [2.24, 2.45) is 0 Å². The molecule has 0 atom stereocenters. The van der Waals surface area contributed by atoms with Crippen LogP contribution in [0.4, 0.5) is 0 Å². The maximum Gasteiger partial charge on any atom is 0.328 e. The minimum atomic E-state index is -0.707. The van der Waals surface area contributed by atoms with Crippen LogP contribution in [0, 0.1) is 0 Å². The van der Waals surface area contributed by atoms with Crippen molar-refractivity contribution >= 4 is 0 Å². The smallest absolute Gasteiger partial charge is 0.328 e. The highest BCUT2D eigenvalue weighted by Crippen LogP contribution is 2.33. The lowest BCUT2D eigenvalue weighted by atomic mass is 10.1. The second-order valence-electron chi connectivity index (χ2n) is 4.97. The molecule has 2 rings (SSSR count). The Labute approximate surface area is 89.1 Å². The summed E-state index contributed by atoms with van der Waals surface area (Å²) >= 11 is 0. The molecule has 0 amide bonds. The van der Waals surface area contributed by atoms with Gasteiger partial charge in [-0.3, -0.25) is 9.13 Å². The summed E-state index contributed by atoms with van der Waals surface area (Å²) in [4.78, 5) is 11.8. The van der Waals surface area contributed by atoms with Crippen LogP contribution in [0.15, 0.2) is 17.2 Å². The molecule has 1 aromatic heterocycles. The van der Waals surface area contributed by atoms with Gasteiger partial charge in [-0.15, -0.1) is 0 Å². The minimum Gasteiger partial charge on any atom is -0.390 e. The molecule has 0 unspecified atom stereocenters. The number of aromatic nitrogens is 2. The molecular weight excluding hydrogens is 192 g/mol. The van der Waals surface area contributed by atoms with Crippen LogP contribution in [0.2, 0.25) is 0 Å². The van der Waals surface area contributed by atoms with Crippen molar-refractivity contribution in [3.05, 3.63) is 22.9 Å². The normalized spacial score (nSPS) is 17.0. The Bertz CT molecular complexity index is 393. The fourth-order valence-electron chi connectivity index (χ4n) is 1.62. The van der Waals surface area contributed by atoms with Crippen molar-refractivity contribution in [3.8, 4) is 0 Å². The number of nitrogens with zero attached hydrogens (tertiary/aromatic N) is 2. The van der Waals surface area contributed by atoms with E-state index in [9.17, 15) is 9.90 Å². The highest BCUT2D eigenvalue weighted by atomic mass is 16.3. The summed E-state index contributed by atoms with van der Waals surface area (Å²) in [5, 5.41) is 9.58. The number of hydrogen-bond acceptors (Lipinski definition) is 2. The Hall–Kier alpha value is -1.03. The monoisotopic (exact) mass is 210 g/mol. The van der Waals surface area contributed by atoms with Gasteiger partial charge in [-0.25, -0.2) is 4.79 Å². The van der Waals surface area contributed by atoms with E-state index in [1.54, 1.807) is 23.0 Å². The number of hydrogen-bond donors (Lipinski definition) is 1. The lowest BCUT2D eigenvalue weighted by molar-refractivity contribution is 0.0659. The molecule has 1 aliphatic carbocycles. The van der Waals surface area contributed by atoms with E-state index in [0.717, 1.165) is 12.8 Å². The average Bonchev–Trinajstić information content (AvgIpc) is 2.88. The summed E-state index contributed by atoms with van der Waals surface area (Å²) in [5.74, 6) is 0. The van der Waals surface area contributed by atoms with Gasteiger partial charge in [-0.2, -0.15) is 0 Å². The summed E-state index contributed by atoms with van der Waals surface area (Å²) in [6.45, 7) is 4.11. The molecule has 1 aliphatic rings. The topological polar surface area (TPSA) is 47.2 Å². The van der Waals surface area contributed by atoms with Crippen molar-refractivity contribution in [3.63, 3.8) is 0 Å². The Morgan fingerprint density at radius 2 is 2.13 bits per heavy atom. The molecule has 0 aliphatic heterocycles. The predicted octanol–water partition coefficient (Wildman–Crippen LogP) is 1.15. The second-order valence-corrected chi connectivity index (χ2v) is 4.97. The number of rotatable bonds is 4. The Morgan fingerprint density at radius 3 is 2.67 bits per heavy atom. The summed E-state index contributed by atoms with van der Waals surface area (Å²) in [6, 6.07) is 0.431. The molecule has 4 nitrogen and oxygen atoms in total. The van der Waals surface area contributed by atoms with Crippen LogP contribution < -0.4 is 5.69 Å². The molecular formula is C11H18N2O2. The van der Waals surface area contributed by atoms with E-state index in [-0.39, 0.29) is 5.69 Å². The third kappa shape index (κ3) is 2.50. The molecule has 1 N–H and O–H groups in total. The van der Waals surface area contributed by atoms with Crippen LogP contribution in [0.3, 0.4) is 0 Å². The Balaban J connectivity index is 2.06. The predicted molar refractivity (Wildman–Crippen MR) is 57.9 cm³/mol. The van der Waals surface area contributed by atoms with Gasteiger partial charge in [0.05, 0.1) is 5.60 Å². The molecule has 0 radical (unpaired) electrons. The lowest BCUT2D eigenvalue weighted by Gasteiger charge is -2.16. The van der Waals surface area contributed by atoms with Gasteiger partial charge >= 0.3 is 5.69 Å². The molecule has 0 saturated heterocycles. The molecule has 15 heavy (non-hydrogen) atoms. The van der Waals surface area contributed by atoms with Gasteiger partial charge in [-0.05, 0) is 33.1 Å². The SMILES string of the molecule is CC(C)(O)CCn1ccn(C2CC2)c1=O. The van der Waals surface area contributed by atoms with Crippen molar-refractivity contribution < 1.29 is 5.11 Å². The van der Waals surface area contributed by atoms with Crippen LogP contribution in [-0.2, 0) is 6.54 Å². The molecule has 4 heteroatoms. The summed E-state index contributed by atoms with van der Waals surface area (Å²) in [5.41, 5.74) is -0.650. The van der Waals surface area contributed by atoms with Gasteiger partial charge < -0.3 is 5.11 Å². The zero-order valence-corrected chi connectivity index (χ0v) is 9.31. The molecule has 84 valence electrons. The lowest BCUT2D eigenvalue weighted by Crippen LogP contribution is -2.27. The minimum absolute atomic E-state index is 0.0572. The summed E-state index contributed by atoms with van der Waals surface area (Å²) < 4.78 is 3.47. The van der Waals surface area contributed by atoms with E-state index >= 15 is 0 Å². The van der Waals surface area contributed by atoms with Crippen LogP contribution >= 0.6 is 0 Å². The zero-order chi connectivity index (χ0) is 11.1. The maximum atomic E-state index is 11.8. The standard InChI is InChI=1S/C11H18N2O2/c1-11(2,15)5-6-12-7-8-13(10(12)14)9-3-4-9/h7-9,15H,3-6H2,1-2H3. The average molecular weight is 210 g/mol. The van der Waals surface area contributed by atoms with Gasteiger partial charge in [0.15, 0.2) is 0 Å². The summed E-state index contributed by atoms with van der Waals surface area (Å²) in [7, 11) is 0. The molecule has 1 aromatic rings.